The van der Waals surface area contributed by atoms with Crippen LogP contribution >= 0.6 is 0 Å². The molecule has 8 heteroatoms. The monoisotopic (exact) mass is 466 g/mol. The molecular formula is C26H34N4O4. The molecule has 1 aliphatic heterocycles. The van der Waals surface area contributed by atoms with Gasteiger partial charge >= 0.3 is 6.09 Å². The molecule has 2 unspecified atom stereocenters. The second-order valence-corrected chi connectivity index (χ2v) is 8.79. The number of carbonyl (C=O) groups is 1. The van der Waals surface area contributed by atoms with E-state index >= 15 is 0 Å². The number of pyridine rings is 1. The van der Waals surface area contributed by atoms with Gasteiger partial charge in [-0.1, -0.05) is 24.3 Å². The number of rotatable bonds is 8. The Morgan fingerprint density at radius 2 is 2.03 bits per heavy atom. The number of methoxy groups -OCH3 is 1. The highest BCUT2D eigenvalue weighted by molar-refractivity contribution is 5.83. The molecule has 0 bridgehead atoms. The standard InChI is InChI=1S/C26H34N4O4/c1-18(2)33-14-13-29-23-8-6-5-7-20(23)15-25(29)34-26(31)30-12-11-27-17-24(30)21-9-10-22(28-16-21)19(3)32-4/h5-10,15-16,18-19,24,27H,11-14,17H2,1-4H3. The fraction of sp³-hybridized carbons (Fsp3) is 0.462. The number of ether oxygens (including phenoxy) is 3. The molecule has 182 valence electrons. The van der Waals surface area contributed by atoms with Gasteiger partial charge in [-0.2, -0.15) is 0 Å². The Bertz CT molecular complexity index is 1100. The first-order chi connectivity index (χ1) is 16.5. The molecule has 2 aromatic heterocycles. The summed E-state index contributed by atoms with van der Waals surface area (Å²) in [4.78, 5) is 19.7. The van der Waals surface area contributed by atoms with Crippen LogP contribution in [0, 0.1) is 0 Å². The summed E-state index contributed by atoms with van der Waals surface area (Å²) in [5.41, 5.74) is 2.83. The van der Waals surface area contributed by atoms with E-state index < -0.39 is 0 Å². The lowest BCUT2D eigenvalue weighted by Gasteiger charge is -2.35. The first kappa shape index (κ1) is 24.2. The molecule has 0 radical (unpaired) electrons. The number of hydrogen-bond acceptors (Lipinski definition) is 6. The normalized spacial score (nSPS) is 17.3. The number of aromatic nitrogens is 2. The Morgan fingerprint density at radius 1 is 1.21 bits per heavy atom. The highest BCUT2D eigenvalue weighted by atomic mass is 16.6. The van der Waals surface area contributed by atoms with Gasteiger partial charge in [0.2, 0.25) is 5.88 Å². The van der Waals surface area contributed by atoms with Crippen molar-refractivity contribution < 1.29 is 19.0 Å². The molecule has 0 spiro atoms. The summed E-state index contributed by atoms with van der Waals surface area (Å²) in [5.74, 6) is 0.526. The second kappa shape index (κ2) is 11.0. The Balaban J connectivity index is 1.54. The number of para-hydroxylation sites is 1. The minimum atomic E-state index is -0.366. The van der Waals surface area contributed by atoms with Crippen molar-refractivity contribution in [1.82, 2.24) is 19.8 Å². The van der Waals surface area contributed by atoms with Crippen LogP contribution in [-0.4, -0.2) is 60.0 Å². The van der Waals surface area contributed by atoms with Gasteiger partial charge in [-0.15, -0.1) is 0 Å². The third-order valence-corrected chi connectivity index (χ3v) is 6.17. The number of fused-ring (bicyclic) bond motifs is 1. The number of nitrogens with one attached hydrogen (secondary N) is 1. The Kier molecular flexibility index (Phi) is 7.82. The largest absolute Gasteiger partial charge is 0.417 e. The maximum atomic E-state index is 13.4. The van der Waals surface area contributed by atoms with Crippen molar-refractivity contribution in [2.24, 2.45) is 0 Å². The Labute approximate surface area is 200 Å². The highest BCUT2D eigenvalue weighted by Gasteiger charge is 2.30. The van der Waals surface area contributed by atoms with Crippen molar-refractivity contribution in [2.75, 3.05) is 33.4 Å². The van der Waals surface area contributed by atoms with Gasteiger partial charge in [-0.25, -0.2) is 4.79 Å². The average molecular weight is 467 g/mol. The van der Waals surface area contributed by atoms with Gasteiger partial charge in [0.05, 0.1) is 36.1 Å². The van der Waals surface area contributed by atoms with E-state index in [9.17, 15) is 4.79 Å². The molecule has 34 heavy (non-hydrogen) atoms. The third kappa shape index (κ3) is 5.41. The Hall–Kier alpha value is -2.94. The van der Waals surface area contributed by atoms with Crippen molar-refractivity contribution in [3.63, 3.8) is 0 Å². The first-order valence-electron chi connectivity index (χ1n) is 11.9. The lowest BCUT2D eigenvalue weighted by molar-refractivity contribution is 0.0712. The Morgan fingerprint density at radius 3 is 2.76 bits per heavy atom. The second-order valence-electron chi connectivity index (χ2n) is 8.79. The molecule has 0 aliphatic carbocycles. The van der Waals surface area contributed by atoms with Crippen LogP contribution in [0.2, 0.25) is 0 Å². The minimum Gasteiger partial charge on any atom is -0.393 e. The number of nitrogens with zero attached hydrogens (tertiary/aromatic N) is 3. The van der Waals surface area contributed by atoms with E-state index in [1.807, 2.05) is 74.0 Å². The topological polar surface area (TPSA) is 77.8 Å². The van der Waals surface area contributed by atoms with E-state index in [2.05, 4.69) is 10.3 Å². The molecule has 1 aliphatic rings. The molecule has 1 fully saturated rings. The van der Waals surface area contributed by atoms with Crippen molar-refractivity contribution in [3.05, 3.63) is 59.9 Å². The summed E-state index contributed by atoms with van der Waals surface area (Å²) in [6.45, 7) is 9.02. The van der Waals surface area contributed by atoms with Gasteiger partial charge in [0, 0.05) is 50.9 Å². The van der Waals surface area contributed by atoms with Crippen LogP contribution in [0.1, 0.15) is 44.2 Å². The zero-order valence-corrected chi connectivity index (χ0v) is 20.4. The zero-order valence-electron chi connectivity index (χ0n) is 20.4. The lowest BCUT2D eigenvalue weighted by atomic mass is 10.0. The maximum absolute atomic E-state index is 13.4. The van der Waals surface area contributed by atoms with E-state index in [0.717, 1.165) is 22.2 Å². The number of amides is 1. The molecule has 2 atom stereocenters. The number of benzene rings is 1. The van der Waals surface area contributed by atoms with Crippen LogP contribution in [0.5, 0.6) is 5.88 Å². The molecule has 1 N–H and O–H groups in total. The highest BCUT2D eigenvalue weighted by Crippen LogP contribution is 2.28. The van der Waals surface area contributed by atoms with Crippen molar-refractivity contribution >= 4 is 17.0 Å². The molecule has 4 rings (SSSR count). The number of hydrogen-bond donors (Lipinski definition) is 1. The number of carbonyl (C=O) groups excluding carboxylic acids is 1. The van der Waals surface area contributed by atoms with Crippen LogP contribution in [0.15, 0.2) is 48.7 Å². The summed E-state index contributed by atoms with van der Waals surface area (Å²) < 4.78 is 19.1. The van der Waals surface area contributed by atoms with Crippen LogP contribution in [-0.2, 0) is 16.0 Å². The average Bonchev–Trinajstić information content (AvgIpc) is 3.20. The van der Waals surface area contributed by atoms with Crippen LogP contribution in [0.25, 0.3) is 10.9 Å². The molecule has 1 amide bonds. The molecule has 0 saturated carbocycles. The molecule has 1 aromatic carbocycles. The van der Waals surface area contributed by atoms with Crippen LogP contribution < -0.4 is 10.1 Å². The van der Waals surface area contributed by atoms with Crippen molar-refractivity contribution in [3.8, 4) is 5.88 Å². The summed E-state index contributed by atoms with van der Waals surface area (Å²) in [6, 6.07) is 13.7. The minimum absolute atomic E-state index is 0.0822. The SMILES string of the molecule is COC(C)c1ccc(C2CNCCN2C(=O)Oc2cc3ccccc3n2CCOC(C)C)cn1. The van der Waals surface area contributed by atoms with Gasteiger partial charge in [-0.05, 0) is 38.5 Å². The van der Waals surface area contributed by atoms with Gasteiger partial charge in [0.1, 0.15) is 0 Å². The van der Waals surface area contributed by atoms with Gasteiger partial charge in [0.25, 0.3) is 0 Å². The number of piperazine rings is 1. The first-order valence-corrected chi connectivity index (χ1v) is 11.9. The van der Waals surface area contributed by atoms with Crippen LogP contribution in [0.3, 0.4) is 0 Å². The summed E-state index contributed by atoms with van der Waals surface area (Å²) >= 11 is 0. The molecule has 3 heterocycles. The summed E-state index contributed by atoms with van der Waals surface area (Å²) in [7, 11) is 1.66. The summed E-state index contributed by atoms with van der Waals surface area (Å²) in [5, 5.41) is 4.40. The van der Waals surface area contributed by atoms with E-state index in [1.54, 1.807) is 12.0 Å². The van der Waals surface area contributed by atoms with E-state index in [1.165, 1.54) is 0 Å². The van der Waals surface area contributed by atoms with Gasteiger partial charge in [0.15, 0.2) is 0 Å². The molecule has 1 saturated heterocycles. The fourth-order valence-corrected chi connectivity index (χ4v) is 4.22. The van der Waals surface area contributed by atoms with Crippen LogP contribution in [0.4, 0.5) is 4.79 Å². The smallest absolute Gasteiger partial charge is 0.393 e. The maximum Gasteiger partial charge on any atom is 0.417 e. The quantitative estimate of drug-likeness (QED) is 0.533. The molecule has 3 aromatic rings. The van der Waals surface area contributed by atoms with Gasteiger partial charge in [-0.3, -0.25) is 9.88 Å². The van der Waals surface area contributed by atoms with Gasteiger partial charge < -0.3 is 24.1 Å². The lowest BCUT2D eigenvalue weighted by Crippen LogP contribution is -2.49. The van der Waals surface area contributed by atoms with E-state index in [0.29, 0.717) is 38.7 Å². The summed E-state index contributed by atoms with van der Waals surface area (Å²) in [6.07, 6.45) is 1.51. The predicted molar refractivity (Wildman–Crippen MR) is 131 cm³/mol. The third-order valence-electron chi connectivity index (χ3n) is 6.17. The zero-order chi connectivity index (χ0) is 24.1. The molecular weight excluding hydrogens is 432 g/mol. The predicted octanol–water partition coefficient (Wildman–Crippen LogP) is 4.31. The molecule has 8 nitrogen and oxygen atoms in total. The van der Waals surface area contributed by atoms with E-state index in [4.69, 9.17) is 14.2 Å². The van der Waals surface area contributed by atoms with E-state index in [-0.39, 0.29) is 24.3 Å². The van der Waals surface area contributed by atoms with Crippen molar-refractivity contribution in [2.45, 2.75) is 45.6 Å². The van der Waals surface area contributed by atoms with Crippen molar-refractivity contribution in [1.29, 1.82) is 0 Å². The fourth-order valence-electron chi connectivity index (χ4n) is 4.22.